The molecule has 2 rings (SSSR count). The molecule has 3 nitrogen and oxygen atoms in total. The molecular formula is C12H11BF4N2O. The van der Waals surface area contributed by atoms with Crippen LogP contribution in [0.25, 0.3) is 5.69 Å². The number of benzene rings is 1. The molecule has 8 heteroatoms. The molecule has 2 aromatic rings. The summed E-state index contributed by atoms with van der Waals surface area (Å²) < 4.78 is 46.3. The van der Waals surface area contributed by atoms with Crippen LogP contribution >= 0.6 is 0 Å². The molecule has 1 aromatic heterocycles. The van der Waals surface area contributed by atoms with Gasteiger partial charge in [0.1, 0.15) is 30.4 Å². The van der Waals surface area contributed by atoms with E-state index in [4.69, 9.17) is 11.2 Å². The van der Waals surface area contributed by atoms with Gasteiger partial charge in [0, 0.05) is 0 Å². The van der Waals surface area contributed by atoms with Crippen molar-refractivity contribution in [1.82, 2.24) is 4.98 Å². The number of imidazole rings is 1. The van der Waals surface area contributed by atoms with Crippen molar-refractivity contribution in [2.24, 2.45) is 0 Å². The Hall–Kier alpha value is -2.43. The summed E-state index contributed by atoms with van der Waals surface area (Å²) in [4.78, 5) is 2.98. The first-order chi connectivity index (χ1) is 9.40. The van der Waals surface area contributed by atoms with E-state index in [1.54, 1.807) is 0 Å². The predicted molar refractivity (Wildman–Crippen MR) is 66.8 cm³/mol. The van der Waals surface area contributed by atoms with Gasteiger partial charge in [-0.3, -0.25) is 0 Å². The van der Waals surface area contributed by atoms with E-state index in [2.05, 4.69) is 10.9 Å². The van der Waals surface area contributed by atoms with Crippen LogP contribution in [-0.4, -0.2) is 18.8 Å². The third-order valence-electron chi connectivity index (χ3n) is 2.00. The number of hydrogen-bond acceptors (Lipinski definition) is 1. The highest BCUT2D eigenvalue weighted by molar-refractivity contribution is 6.50. The molecule has 0 spiro atoms. The molecule has 0 aliphatic rings. The smallest absolute Gasteiger partial charge is 0.481 e. The topological polar surface area (TPSA) is 28.9 Å². The third kappa shape index (κ3) is 6.49. The summed E-state index contributed by atoms with van der Waals surface area (Å²) in [5.74, 6) is 3.21. The fraction of sp³-hybridized carbons (Fsp3) is 0.0833. The highest BCUT2D eigenvalue weighted by Gasteiger charge is 2.20. The maximum atomic E-state index is 9.75. The Morgan fingerprint density at radius 1 is 1.20 bits per heavy atom. The molecule has 0 atom stereocenters. The standard InChI is InChI=1S/C12H10N2O.BF4/c1-2-9-15-12-5-3-11(4-6-12)14-8-7-13-10-14;2-1(3,4)5/h1,3-8,10H,9H2;/q;-1/p+1. The number of aromatic amines is 1. The Labute approximate surface area is 113 Å². The first kappa shape index (κ1) is 15.6. The minimum absolute atomic E-state index is 0.302. The van der Waals surface area contributed by atoms with Gasteiger partial charge in [0.05, 0.1) is 0 Å². The monoisotopic (exact) mass is 286 g/mol. The van der Waals surface area contributed by atoms with Crippen LogP contribution in [0.15, 0.2) is 43.0 Å². The highest BCUT2D eigenvalue weighted by atomic mass is 19.5. The van der Waals surface area contributed by atoms with Gasteiger partial charge in [0.2, 0.25) is 6.33 Å². The lowest BCUT2D eigenvalue weighted by molar-refractivity contribution is -0.594. The van der Waals surface area contributed by atoms with Crippen molar-refractivity contribution in [3.63, 3.8) is 0 Å². The van der Waals surface area contributed by atoms with Gasteiger partial charge in [-0.2, -0.15) is 0 Å². The largest absolute Gasteiger partial charge is 0.673 e. The summed E-state index contributed by atoms with van der Waals surface area (Å²) in [5.41, 5.74) is 1.07. The molecule has 0 unspecified atom stereocenters. The van der Waals surface area contributed by atoms with Crippen LogP contribution in [0, 0.1) is 12.3 Å². The van der Waals surface area contributed by atoms with Gasteiger partial charge >= 0.3 is 7.25 Å². The van der Waals surface area contributed by atoms with E-state index >= 15 is 0 Å². The molecule has 0 saturated carbocycles. The molecule has 20 heavy (non-hydrogen) atoms. The summed E-state index contributed by atoms with van der Waals surface area (Å²) >= 11 is 0. The summed E-state index contributed by atoms with van der Waals surface area (Å²) in [6.07, 6.45) is 10.8. The van der Waals surface area contributed by atoms with Crippen LogP contribution < -0.4 is 9.30 Å². The summed E-state index contributed by atoms with van der Waals surface area (Å²) in [7, 11) is -6.00. The van der Waals surface area contributed by atoms with Crippen LogP contribution in [0.2, 0.25) is 0 Å². The number of ether oxygens (including phenoxy) is 1. The first-order valence-electron chi connectivity index (χ1n) is 5.48. The number of aromatic nitrogens is 2. The van der Waals surface area contributed by atoms with Crippen LogP contribution in [-0.2, 0) is 0 Å². The van der Waals surface area contributed by atoms with Crippen LogP contribution in [0.5, 0.6) is 5.75 Å². The minimum Gasteiger partial charge on any atom is -0.481 e. The molecule has 106 valence electrons. The molecule has 1 N–H and O–H groups in total. The van der Waals surface area contributed by atoms with Crippen molar-refractivity contribution < 1.29 is 26.6 Å². The number of terminal acetylenes is 1. The summed E-state index contributed by atoms with van der Waals surface area (Å²) in [5, 5.41) is 0. The van der Waals surface area contributed by atoms with Gasteiger partial charge in [0.15, 0.2) is 0 Å². The van der Waals surface area contributed by atoms with Crippen molar-refractivity contribution in [1.29, 1.82) is 0 Å². The molecular weight excluding hydrogens is 275 g/mol. The molecule has 0 aliphatic heterocycles. The van der Waals surface area contributed by atoms with Crippen molar-refractivity contribution >= 4 is 7.25 Å². The van der Waals surface area contributed by atoms with Gasteiger partial charge in [0.25, 0.3) is 0 Å². The molecule has 1 aromatic carbocycles. The summed E-state index contributed by atoms with van der Waals surface area (Å²) in [6.45, 7) is 0.302. The lowest BCUT2D eigenvalue weighted by atomic mass is 10.3. The molecule has 0 bridgehead atoms. The maximum Gasteiger partial charge on any atom is 0.673 e. The predicted octanol–water partition coefficient (Wildman–Crippen LogP) is 2.60. The maximum absolute atomic E-state index is 9.75. The Balaban J connectivity index is 0.000000347. The fourth-order valence-electron chi connectivity index (χ4n) is 1.29. The van der Waals surface area contributed by atoms with Crippen molar-refractivity contribution in [3.8, 4) is 23.8 Å². The average molecular weight is 286 g/mol. The fourth-order valence-corrected chi connectivity index (χ4v) is 1.29. The van der Waals surface area contributed by atoms with Crippen molar-refractivity contribution in [2.75, 3.05) is 6.61 Å². The van der Waals surface area contributed by atoms with E-state index in [9.17, 15) is 17.3 Å². The van der Waals surface area contributed by atoms with Gasteiger partial charge in [-0.1, -0.05) is 5.92 Å². The zero-order chi connectivity index (χ0) is 15.0. The van der Waals surface area contributed by atoms with Crippen LogP contribution in [0.4, 0.5) is 17.3 Å². The van der Waals surface area contributed by atoms with E-state index in [1.165, 1.54) is 0 Å². The number of hydrogen-bond donors (Lipinski definition) is 1. The van der Waals surface area contributed by atoms with Gasteiger partial charge in [-0.15, -0.1) is 6.42 Å². The zero-order valence-electron chi connectivity index (χ0n) is 10.3. The van der Waals surface area contributed by atoms with E-state index in [0.29, 0.717) is 6.61 Å². The number of nitrogens with one attached hydrogen (secondary N) is 1. The Bertz CT molecular complexity index is 540. The molecule has 0 aliphatic carbocycles. The van der Waals surface area contributed by atoms with E-state index in [1.807, 2.05) is 47.6 Å². The lowest BCUT2D eigenvalue weighted by Gasteiger charge is -2.01. The van der Waals surface area contributed by atoms with E-state index < -0.39 is 7.25 Å². The second-order valence-corrected chi connectivity index (χ2v) is 3.50. The van der Waals surface area contributed by atoms with Crippen molar-refractivity contribution in [2.45, 2.75) is 0 Å². The molecule has 0 saturated heterocycles. The van der Waals surface area contributed by atoms with Crippen LogP contribution in [0.3, 0.4) is 0 Å². The Kier molecular flexibility index (Phi) is 5.65. The first-order valence-corrected chi connectivity index (χ1v) is 5.48. The number of rotatable bonds is 3. The Morgan fingerprint density at radius 3 is 2.25 bits per heavy atom. The molecule has 0 amide bonds. The number of halogens is 4. The van der Waals surface area contributed by atoms with Gasteiger partial charge in [-0.05, 0) is 24.3 Å². The van der Waals surface area contributed by atoms with E-state index in [0.717, 1.165) is 11.4 Å². The average Bonchev–Trinajstić information content (AvgIpc) is 2.89. The second-order valence-electron chi connectivity index (χ2n) is 3.50. The summed E-state index contributed by atoms with van der Waals surface area (Å²) in [6, 6.07) is 7.73. The van der Waals surface area contributed by atoms with Gasteiger partial charge in [-0.25, -0.2) is 9.55 Å². The second kappa shape index (κ2) is 7.23. The lowest BCUT2D eigenvalue weighted by Crippen LogP contribution is -2.26. The third-order valence-corrected chi connectivity index (χ3v) is 2.00. The normalized spacial score (nSPS) is 10.2. The minimum atomic E-state index is -6.00. The molecule has 1 heterocycles. The van der Waals surface area contributed by atoms with Crippen molar-refractivity contribution in [3.05, 3.63) is 43.0 Å². The highest BCUT2D eigenvalue weighted by Crippen LogP contribution is 2.11. The van der Waals surface area contributed by atoms with Crippen LogP contribution in [0.1, 0.15) is 0 Å². The number of H-pyrrole nitrogens is 1. The molecule has 0 fully saturated rings. The quantitative estimate of drug-likeness (QED) is 0.399. The van der Waals surface area contributed by atoms with Gasteiger partial charge < -0.3 is 22.0 Å². The SMILES string of the molecule is C#CCOc1ccc(-[n+]2cc[nH]c2)cc1.F[B-](F)(F)F. The molecule has 0 radical (unpaired) electrons. The zero-order valence-corrected chi connectivity index (χ0v) is 10.3. The Morgan fingerprint density at radius 2 is 1.80 bits per heavy atom. The van der Waals surface area contributed by atoms with E-state index in [-0.39, 0.29) is 0 Å². The number of nitrogens with zero attached hydrogens (tertiary/aromatic N) is 1.